The lowest BCUT2D eigenvalue weighted by Crippen LogP contribution is -2.18. The summed E-state index contributed by atoms with van der Waals surface area (Å²) in [6.07, 6.45) is 0. The highest BCUT2D eigenvalue weighted by Gasteiger charge is 2.27. The van der Waals surface area contributed by atoms with Gasteiger partial charge in [-0.1, -0.05) is 137 Å². The standard InChI is InChI=1S/2C31H32O2.2C28H26O4S/c1-21-7-13-29(19-23(21)3)32-27-15-9-25(10-16-27)31(5,6)26-11-17-28(18-12-26)33-30-14-8-22(2)24(4)20-30;1-21-10-15-29(20-23(21)3)32-27-16-11-25(12-17-27)31(5,6)26-13-18-28(19-14-26)33-30-9-7-8-22(2)24(30)4;1-19-5-7-25(17-21(19)3)31-23-9-13-27(14-10-23)33(29,30)28-15-11-24(12-16-28)32-26-8-6-20(2)22(4)18-26;1-19-8-9-25(18-21(19)3)31-23-10-14-26(15-11-23)33(29,30)27-16-12-24(13-17-27)32-28-7-5-6-20(2)22(28)4/h2*7-20H,1-6H3;2*5-18H,1-4H3. The lowest BCUT2D eigenvalue weighted by Gasteiger charge is -2.26. The Bertz CT molecular complexity index is 6760. The molecule has 0 radical (unpaired) electrons. The average molecular weight is 1790 g/mol. The molecule has 0 amide bonds. The summed E-state index contributed by atoms with van der Waals surface area (Å²) < 4.78 is 100. The van der Waals surface area contributed by atoms with Gasteiger partial charge >= 0.3 is 0 Å². The number of hydrogen-bond donors (Lipinski definition) is 0. The smallest absolute Gasteiger partial charge is 0.206 e. The average Bonchev–Trinajstić information content (AvgIpc) is 0.805. The molecule has 0 saturated carbocycles. The second-order valence-electron chi connectivity index (χ2n) is 34.9. The summed E-state index contributed by atoms with van der Waals surface area (Å²) in [6, 6.07) is 108. The van der Waals surface area contributed by atoms with Crippen LogP contribution in [0.1, 0.15) is 139 Å². The summed E-state index contributed by atoms with van der Waals surface area (Å²) in [5, 5.41) is 0. The van der Waals surface area contributed by atoms with Crippen molar-refractivity contribution in [3.8, 4) is 92.0 Å². The number of sulfone groups is 2. The highest BCUT2D eigenvalue weighted by atomic mass is 32.2. The van der Waals surface area contributed by atoms with Gasteiger partial charge in [0.25, 0.3) is 0 Å². The van der Waals surface area contributed by atoms with Crippen LogP contribution in [-0.2, 0) is 30.5 Å². The summed E-state index contributed by atoms with van der Waals surface area (Å²) in [4.78, 5) is 0.826. The maximum atomic E-state index is 13.1. The van der Waals surface area contributed by atoms with E-state index < -0.39 is 19.7 Å². The maximum absolute atomic E-state index is 13.1. The molecule has 0 aromatic heterocycles. The highest BCUT2D eigenvalue weighted by molar-refractivity contribution is 7.91. The molecule has 0 atom stereocenters. The molecule has 0 bridgehead atoms. The van der Waals surface area contributed by atoms with Gasteiger partial charge in [-0.05, 0) is 453 Å². The minimum absolute atomic E-state index is 0.141. The van der Waals surface area contributed by atoms with Crippen LogP contribution < -0.4 is 37.9 Å². The van der Waals surface area contributed by atoms with E-state index >= 15 is 0 Å². The predicted octanol–water partition coefficient (Wildman–Crippen LogP) is 32.3. The van der Waals surface area contributed by atoms with Gasteiger partial charge in [0.15, 0.2) is 0 Å². The van der Waals surface area contributed by atoms with E-state index in [9.17, 15) is 16.8 Å². The molecular formula is C118H116O12S2. The molecule has 16 aromatic rings. The van der Waals surface area contributed by atoms with E-state index in [0.717, 1.165) is 79.6 Å². The van der Waals surface area contributed by atoms with Crippen molar-refractivity contribution in [2.45, 2.75) is 169 Å². The van der Waals surface area contributed by atoms with E-state index in [4.69, 9.17) is 37.9 Å². The minimum atomic E-state index is -3.66. The second kappa shape index (κ2) is 41.7. The molecule has 16 rings (SSSR count). The number of rotatable bonds is 24. The Labute approximate surface area is 780 Å². The molecule has 0 heterocycles. The largest absolute Gasteiger partial charge is 0.457 e. The molecule has 0 aliphatic heterocycles. The van der Waals surface area contributed by atoms with E-state index in [2.05, 4.69) is 186 Å². The monoisotopic (exact) mass is 1790 g/mol. The third-order valence-corrected chi connectivity index (χ3v) is 28.3. The molecule has 0 unspecified atom stereocenters. The molecule has 0 aliphatic carbocycles. The van der Waals surface area contributed by atoms with Crippen molar-refractivity contribution in [1.82, 2.24) is 0 Å². The van der Waals surface area contributed by atoms with Crippen molar-refractivity contribution in [3.05, 3.63) is 451 Å². The van der Waals surface area contributed by atoms with Crippen LogP contribution in [0.25, 0.3) is 0 Å². The van der Waals surface area contributed by atoms with Crippen molar-refractivity contribution < 1.29 is 54.7 Å². The fraction of sp³-hybridized carbons (Fsp3) is 0.186. The molecular weight excluding hydrogens is 1670 g/mol. The van der Waals surface area contributed by atoms with E-state index in [-0.39, 0.29) is 30.4 Å². The first-order chi connectivity index (χ1) is 62.9. The third kappa shape index (κ3) is 24.1. The van der Waals surface area contributed by atoms with Gasteiger partial charge in [-0.3, -0.25) is 0 Å². The van der Waals surface area contributed by atoms with E-state index in [1.54, 1.807) is 97.1 Å². The Morgan fingerprint density at radius 1 is 0.167 bits per heavy atom. The van der Waals surface area contributed by atoms with Crippen LogP contribution in [0.2, 0.25) is 0 Å². The van der Waals surface area contributed by atoms with Crippen molar-refractivity contribution >= 4 is 19.7 Å². The van der Waals surface area contributed by atoms with E-state index in [1.807, 2.05) is 195 Å². The zero-order valence-electron chi connectivity index (χ0n) is 79.0. The second-order valence-corrected chi connectivity index (χ2v) is 38.8. The van der Waals surface area contributed by atoms with E-state index in [1.165, 1.54) is 83.5 Å². The first kappa shape index (κ1) is 95.4. The highest BCUT2D eigenvalue weighted by Crippen LogP contribution is 2.41. The molecule has 12 nitrogen and oxygen atoms in total. The van der Waals surface area contributed by atoms with Crippen molar-refractivity contribution in [1.29, 1.82) is 0 Å². The zero-order valence-corrected chi connectivity index (χ0v) is 80.7. The van der Waals surface area contributed by atoms with Crippen LogP contribution in [-0.4, -0.2) is 16.8 Å². The first-order valence-electron chi connectivity index (χ1n) is 44.2. The van der Waals surface area contributed by atoms with Crippen LogP contribution in [0.3, 0.4) is 0 Å². The normalized spacial score (nSPS) is 11.3. The van der Waals surface area contributed by atoms with Crippen molar-refractivity contribution in [3.63, 3.8) is 0 Å². The first-order valence-corrected chi connectivity index (χ1v) is 47.2. The third-order valence-electron chi connectivity index (χ3n) is 24.7. The molecule has 0 spiro atoms. The Kier molecular flexibility index (Phi) is 30.1. The van der Waals surface area contributed by atoms with Gasteiger partial charge in [0.2, 0.25) is 19.7 Å². The Morgan fingerprint density at radius 3 is 0.500 bits per heavy atom. The quantitative estimate of drug-likeness (QED) is 0.0568. The number of hydrogen-bond acceptors (Lipinski definition) is 12. The summed E-state index contributed by atoms with van der Waals surface area (Å²) in [7, 11) is -7.31. The molecule has 0 N–H and O–H groups in total. The van der Waals surface area contributed by atoms with Crippen molar-refractivity contribution in [2.75, 3.05) is 0 Å². The van der Waals surface area contributed by atoms with Crippen LogP contribution in [0.15, 0.2) is 359 Å². The molecule has 14 heteroatoms. The Balaban J connectivity index is 0.000000150. The topological polar surface area (TPSA) is 142 Å². The zero-order chi connectivity index (χ0) is 94.3. The van der Waals surface area contributed by atoms with Gasteiger partial charge in [-0.25, -0.2) is 16.8 Å². The number of benzene rings is 16. The van der Waals surface area contributed by atoms with Crippen LogP contribution in [0, 0.1) is 111 Å². The minimum Gasteiger partial charge on any atom is -0.457 e. The Hall–Kier alpha value is -14.2. The van der Waals surface area contributed by atoms with Gasteiger partial charge in [-0.2, -0.15) is 0 Å². The lowest BCUT2D eigenvalue weighted by molar-refractivity contribution is 0.477. The number of ether oxygens (including phenoxy) is 8. The molecule has 0 aliphatic rings. The van der Waals surface area contributed by atoms with Gasteiger partial charge in [0.1, 0.15) is 92.0 Å². The van der Waals surface area contributed by atoms with Gasteiger partial charge in [0.05, 0.1) is 19.6 Å². The van der Waals surface area contributed by atoms with Crippen molar-refractivity contribution in [2.24, 2.45) is 0 Å². The predicted molar refractivity (Wildman–Crippen MR) is 535 cm³/mol. The van der Waals surface area contributed by atoms with Gasteiger partial charge < -0.3 is 37.9 Å². The lowest BCUT2D eigenvalue weighted by atomic mass is 9.78. The maximum Gasteiger partial charge on any atom is 0.206 e. The fourth-order valence-corrected chi connectivity index (χ4v) is 17.0. The van der Waals surface area contributed by atoms with E-state index in [0.29, 0.717) is 40.2 Å². The SMILES string of the molecule is Cc1ccc(Oc2ccc(C(C)(C)c3ccc(Oc4ccc(C)c(C)c4)cc3)cc2)cc1C.Cc1ccc(Oc2ccc(C(C)(C)c3ccc(Oc4cccc(C)c4C)cc3)cc2)cc1C.Cc1ccc(Oc2ccc(S(=O)(=O)c3ccc(Oc4ccc(C)c(C)c4)cc3)cc2)cc1C.Cc1ccc(Oc2ccc(S(=O)(=O)c3ccc(Oc4cccc(C)c4C)cc3)cc2)cc1C. The van der Waals surface area contributed by atoms with Crippen LogP contribution in [0.4, 0.5) is 0 Å². The summed E-state index contributed by atoms with van der Waals surface area (Å²) in [5.41, 5.74) is 23.7. The molecule has 16 aromatic carbocycles. The summed E-state index contributed by atoms with van der Waals surface area (Å²) >= 11 is 0. The Morgan fingerprint density at radius 2 is 0.326 bits per heavy atom. The van der Waals surface area contributed by atoms with Gasteiger partial charge in [-0.15, -0.1) is 0 Å². The van der Waals surface area contributed by atoms with Crippen LogP contribution in [0.5, 0.6) is 92.0 Å². The molecule has 0 fully saturated rings. The molecule has 0 saturated heterocycles. The molecule has 672 valence electrons. The fourth-order valence-electron chi connectivity index (χ4n) is 14.5. The molecule has 132 heavy (non-hydrogen) atoms. The number of aryl methyl sites for hydroxylation is 14. The van der Waals surface area contributed by atoms with Gasteiger partial charge in [0, 0.05) is 10.8 Å². The summed E-state index contributed by atoms with van der Waals surface area (Å²) in [5.74, 6) is 12.1. The van der Waals surface area contributed by atoms with Crippen LogP contribution >= 0.6 is 0 Å². The summed E-state index contributed by atoms with van der Waals surface area (Å²) in [6.45, 7) is 42.0.